The van der Waals surface area contributed by atoms with Crippen LogP contribution in [0.3, 0.4) is 0 Å². The maximum atomic E-state index is 14.2. The van der Waals surface area contributed by atoms with E-state index in [1.165, 1.54) is 10.5 Å². The molecule has 0 aliphatic carbocycles. The summed E-state index contributed by atoms with van der Waals surface area (Å²) in [6.45, 7) is 2.81. The van der Waals surface area contributed by atoms with Crippen molar-refractivity contribution in [2.75, 3.05) is 13.1 Å². The Kier molecular flexibility index (Phi) is 5.81. The van der Waals surface area contributed by atoms with Gasteiger partial charge < -0.3 is 15.4 Å². The Bertz CT molecular complexity index is 1160. The number of rotatable bonds is 5. The van der Waals surface area contributed by atoms with Gasteiger partial charge in [-0.2, -0.15) is 0 Å². The van der Waals surface area contributed by atoms with Crippen LogP contribution < -0.4 is 15.4 Å². The lowest BCUT2D eigenvalue weighted by Gasteiger charge is -2.32. The quantitative estimate of drug-likeness (QED) is 0.584. The fraction of sp³-hybridized carbons (Fsp3) is 0.364. The lowest BCUT2D eigenvalue weighted by Crippen LogP contribution is -2.57. The first-order valence-electron chi connectivity index (χ1n) is 10.1. The van der Waals surface area contributed by atoms with Gasteiger partial charge in [0.15, 0.2) is 11.4 Å². The number of alkyl halides is 2. The molecule has 170 valence electrons. The number of benzene rings is 1. The number of carbonyl (C=O) groups excluding carboxylic acids is 1. The van der Waals surface area contributed by atoms with Crippen LogP contribution in [0.1, 0.15) is 33.7 Å². The SMILES string of the molecule is Cc1cc(OCc2c(F)cccc2F)c2nc(C)c(C(=O)NC3CCNCC3(F)F)n2c1. The van der Waals surface area contributed by atoms with Crippen LogP contribution >= 0.6 is 0 Å². The van der Waals surface area contributed by atoms with Gasteiger partial charge in [-0.3, -0.25) is 9.20 Å². The number of hydrogen-bond donors (Lipinski definition) is 2. The minimum Gasteiger partial charge on any atom is -0.485 e. The van der Waals surface area contributed by atoms with Gasteiger partial charge in [0.2, 0.25) is 0 Å². The molecule has 1 saturated heterocycles. The zero-order chi connectivity index (χ0) is 23.0. The Morgan fingerprint density at radius 3 is 2.72 bits per heavy atom. The normalized spacial score (nSPS) is 18.0. The van der Waals surface area contributed by atoms with E-state index in [1.807, 2.05) is 0 Å². The molecule has 0 spiro atoms. The second-order valence-electron chi connectivity index (χ2n) is 7.86. The number of aryl methyl sites for hydroxylation is 2. The molecular formula is C22H22F4N4O2. The number of nitrogens with one attached hydrogen (secondary N) is 2. The monoisotopic (exact) mass is 450 g/mol. The van der Waals surface area contributed by atoms with Crippen molar-refractivity contribution in [3.05, 3.63) is 64.6 Å². The molecule has 2 N–H and O–H groups in total. The molecule has 10 heteroatoms. The highest BCUT2D eigenvalue weighted by atomic mass is 19.3. The second kappa shape index (κ2) is 8.42. The highest BCUT2D eigenvalue weighted by molar-refractivity contribution is 5.95. The minimum atomic E-state index is -3.07. The molecular weight excluding hydrogens is 428 g/mol. The van der Waals surface area contributed by atoms with Crippen molar-refractivity contribution in [2.45, 2.75) is 38.8 Å². The number of fused-ring (bicyclic) bond motifs is 1. The van der Waals surface area contributed by atoms with E-state index in [-0.39, 0.29) is 35.7 Å². The second-order valence-corrected chi connectivity index (χ2v) is 7.86. The van der Waals surface area contributed by atoms with E-state index < -0.39 is 36.1 Å². The smallest absolute Gasteiger partial charge is 0.280 e. The van der Waals surface area contributed by atoms with Crippen molar-refractivity contribution >= 4 is 11.6 Å². The summed E-state index contributed by atoms with van der Waals surface area (Å²) in [6, 6.07) is 3.85. The largest absolute Gasteiger partial charge is 0.485 e. The van der Waals surface area contributed by atoms with Crippen molar-refractivity contribution in [3.8, 4) is 5.75 Å². The van der Waals surface area contributed by atoms with Gasteiger partial charge in [-0.05, 0) is 50.6 Å². The fourth-order valence-electron chi connectivity index (χ4n) is 3.80. The van der Waals surface area contributed by atoms with Crippen molar-refractivity contribution in [2.24, 2.45) is 0 Å². The molecule has 1 amide bonds. The third-order valence-electron chi connectivity index (χ3n) is 5.43. The first kappa shape index (κ1) is 22.1. The number of ether oxygens (including phenoxy) is 1. The Morgan fingerprint density at radius 1 is 1.31 bits per heavy atom. The number of imidazole rings is 1. The predicted molar refractivity (Wildman–Crippen MR) is 109 cm³/mol. The molecule has 32 heavy (non-hydrogen) atoms. The van der Waals surface area contributed by atoms with Crippen LogP contribution in [0.25, 0.3) is 5.65 Å². The van der Waals surface area contributed by atoms with E-state index in [4.69, 9.17) is 4.74 Å². The maximum absolute atomic E-state index is 14.2. The third-order valence-corrected chi connectivity index (χ3v) is 5.43. The van der Waals surface area contributed by atoms with Gasteiger partial charge in [0, 0.05) is 6.20 Å². The Balaban J connectivity index is 1.65. The number of aromatic nitrogens is 2. The highest BCUT2D eigenvalue weighted by Gasteiger charge is 2.42. The van der Waals surface area contributed by atoms with Gasteiger partial charge in [-0.15, -0.1) is 0 Å². The van der Waals surface area contributed by atoms with E-state index in [0.29, 0.717) is 17.8 Å². The van der Waals surface area contributed by atoms with Crippen LogP contribution in [0.5, 0.6) is 5.75 Å². The molecule has 0 saturated carbocycles. The Morgan fingerprint density at radius 2 is 2.03 bits per heavy atom. The summed E-state index contributed by atoms with van der Waals surface area (Å²) in [6.07, 6.45) is 1.72. The Labute approximate surface area is 181 Å². The van der Waals surface area contributed by atoms with E-state index >= 15 is 0 Å². The van der Waals surface area contributed by atoms with Crippen LogP contribution in [0.4, 0.5) is 17.6 Å². The molecule has 0 bridgehead atoms. The summed E-state index contributed by atoms with van der Waals surface area (Å²) in [7, 11) is 0. The molecule has 1 aliphatic rings. The van der Waals surface area contributed by atoms with E-state index in [1.54, 1.807) is 26.1 Å². The average molecular weight is 450 g/mol. The molecule has 3 aromatic rings. The third kappa shape index (κ3) is 4.14. The summed E-state index contributed by atoms with van der Waals surface area (Å²) in [5.41, 5.74) is 1.10. The number of piperidine rings is 1. The van der Waals surface area contributed by atoms with Gasteiger partial charge in [0.25, 0.3) is 11.8 Å². The molecule has 0 radical (unpaired) electrons. The predicted octanol–water partition coefficient (Wildman–Crippen LogP) is 3.54. The zero-order valence-corrected chi connectivity index (χ0v) is 17.5. The van der Waals surface area contributed by atoms with Gasteiger partial charge in [-0.1, -0.05) is 6.07 Å². The van der Waals surface area contributed by atoms with Crippen LogP contribution in [0.2, 0.25) is 0 Å². The molecule has 1 aliphatic heterocycles. The molecule has 6 nitrogen and oxygen atoms in total. The molecule has 2 aromatic heterocycles. The summed E-state index contributed by atoms with van der Waals surface area (Å²) >= 11 is 0. The summed E-state index contributed by atoms with van der Waals surface area (Å²) in [4.78, 5) is 17.3. The standard InChI is InChI=1S/C22H22F4N4O2/c1-12-8-17(32-10-14-15(23)4-3-5-16(14)24)20-28-13(2)19(30(20)9-12)21(31)29-18-6-7-27-11-22(18,25)26/h3-5,8-9,18,27H,6-7,10-11H2,1-2H3,(H,29,31). The maximum Gasteiger partial charge on any atom is 0.280 e. The molecule has 1 atom stereocenters. The van der Waals surface area contributed by atoms with Gasteiger partial charge in [0.1, 0.15) is 23.9 Å². The molecule has 1 unspecified atom stereocenters. The lowest BCUT2D eigenvalue weighted by molar-refractivity contribution is -0.0488. The molecule has 1 aromatic carbocycles. The van der Waals surface area contributed by atoms with Gasteiger partial charge in [0.05, 0.1) is 23.8 Å². The zero-order valence-electron chi connectivity index (χ0n) is 17.5. The van der Waals surface area contributed by atoms with Crippen LogP contribution in [0.15, 0.2) is 30.5 Å². The van der Waals surface area contributed by atoms with E-state index in [2.05, 4.69) is 15.6 Å². The van der Waals surface area contributed by atoms with E-state index in [9.17, 15) is 22.4 Å². The van der Waals surface area contributed by atoms with Crippen LogP contribution in [-0.2, 0) is 6.61 Å². The van der Waals surface area contributed by atoms with Gasteiger partial charge in [-0.25, -0.2) is 22.5 Å². The number of nitrogens with zero attached hydrogens (tertiary/aromatic N) is 2. The Hall–Kier alpha value is -3.14. The first-order valence-corrected chi connectivity index (χ1v) is 10.1. The number of carbonyl (C=O) groups is 1. The topological polar surface area (TPSA) is 67.7 Å². The lowest BCUT2D eigenvalue weighted by atomic mass is 10.0. The minimum absolute atomic E-state index is 0.0934. The van der Waals surface area contributed by atoms with Crippen molar-refractivity contribution in [3.63, 3.8) is 0 Å². The van der Waals surface area contributed by atoms with Crippen molar-refractivity contribution < 1.29 is 27.1 Å². The number of hydrogen-bond acceptors (Lipinski definition) is 4. The summed E-state index contributed by atoms with van der Waals surface area (Å²) in [5, 5.41) is 5.04. The number of pyridine rings is 1. The van der Waals surface area contributed by atoms with E-state index in [0.717, 1.165) is 12.1 Å². The summed E-state index contributed by atoms with van der Waals surface area (Å²) < 4.78 is 63.3. The number of amides is 1. The van der Waals surface area contributed by atoms with Crippen LogP contribution in [-0.4, -0.2) is 40.3 Å². The van der Waals surface area contributed by atoms with Crippen LogP contribution in [0, 0.1) is 25.5 Å². The van der Waals surface area contributed by atoms with Gasteiger partial charge >= 0.3 is 0 Å². The number of halogens is 4. The molecule has 3 heterocycles. The highest BCUT2D eigenvalue weighted by Crippen LogP contribution is 2.27. The molecule has 4 rings (SSSR count). The average Bonchev–Trinajstić information content (AvgIpc) is 3.04. The van der Waals surface area contributed by atoms with Crippen molar-refractivity contribution in [1.82, 2.24) is 20.0 Å². The van der Waals surface area contributed by atoms with Crippen molar-refractivity contribution in [1.29, 1.82) is 0 Å². The first-order chi connectivity index (χ1) is 15.2. The fourth-order valence-corrected chi connectivity index (χ4v) is 3.80. The summed E-state index contributed by atoms with van der Waals surface area (Å²) in [5.74, 6) is -5.02. The molecule has 1 fully saturated rings.